The Balaban J connectivity index is 2.80. The van der Waals surface area contributed by atoms with Crippen LogP contribution in [0, 0.1) is 5.82 Å². The first kappa shape index (κ1) is 9.20. The third-order valence-electron chi connectivity index (χ3n) is 2.03. The van der Waals surface area contributed by atoms with Crippen LogP contribution in [-0.2, 0) is 0 Å². The molecule has 0 unspecified atom stereocenters. The zero-order valence-electron chi connectivity index (χ0n) is 7.47. The Labute approximate surface area is 72.6 Å². The number of halogens is 1. The van der Waals surface area contributed by atoms with Crippen LogP contribution in [0.3, 0.4) is 0 Å². The van der Waals surface area contributed by atoms with Crippen molar-refractivity contribution in [3.63, 3.8) is 0 Å². The van der Waals surface area contributed by atoms with Gasteiger partial charge in [0.05, 0.1) is 0 Å². The second-order valence-corrected chi connectivity index (χ2v) is 2.80. The van der Waals surface area contributed by atoms with Crippen molar-refractivity contribution in [2.75, 3.05) is 7.05 Å². The van der Waals surface area contributed by atoms with Crippen LogP contribution in [0.25, 0.3) is 0 Å². The molecule has 0 amide bonds. The van der Waals surface area contributed by atoms with E-state index < -0.39 is 0 Å². The first-order valence-corrected chi connectivity index (χ1v) is 4.20. The molecule has 0 aliphatic carbocycles. The van der Waals surface area contributed by atoms with Gasteiger partial charge < -0.3 is 5.32 Å². The number of benzene rings is 1. The van der Waals surface area contributed by atoms with Gasteiger partial charge in [-0.3, -0.25) is 0 Å². The summed E-state index contributed by atoms with van der Waals surface area (Å²) in [7, 11) is 1.91. The minimum atomic E-state index is -0.176. The molecule has 0 radical (unpaired) electrons. The van der Waals surface area contributed by atoms with Gasteiger partial charge in [0.2, 0.25) is 0 Å². The van der Waals surface area contributed by atoms with Crippen LogP contribution in [0.15, 0.2) is 24.3 Å². The molecule has 0 bridgehead atoms. The number of nitrogens with one attached hydrogen (secondary N) is 1. The Bertz CT molecular complexity index is 226. The second-order valence-electron chi connectivity index (χ2n) is 2.80. The van der Waals surface area contributed by atoms with Gasteiger partial charge >= 0.3 is 0 Å². The molecule has 0 fully saturated rings. The molecule has 1 aromatic rings. The van der Waals surface area contributed by atoms with Gasteiger partial charge in [0.15, 0.2) is 0 Å². The summed E-state index contributed by atoms with van der Waals surface area (Å²) in [6.45, 7) is 2.10. The van der Waals surface area contributed by atoms with E-state index in [1.165, 1.54) is 12.1 Å². The van der Waals surface area contributed by atoms with Crippen LogP contribution in [0.5, 0.6) is 0 Å². The van der Waals surface area contributed by atoms with Crippen molar-refractivity contribution < 1.29 is 4.39 Å². The Morgan fingerprint density at radius 3 is 2.33 bits per heavy atom. The topological polar surface area (TPSA) is 12.0 Å². The molecule has 0 saturated heterocycles. The lowest BCUT2D eigenvalue weighted by atomic mass is 10.1. The van der Waals surface area contributed by atoms with Gasteiger partial charge in [-0.1, -0.05) is 19.1 Å². The third kappa shape index (κ3) is 2.05. The van der Waals surface area contributed by atoms with Crippen LogP contribution < -0.4 is 5.32 Å². The van der Waals surface area contributed by atoms with E-state index in [1.807, 2.05) is 19.2 Å². The van der Waals surface area contributed by atoms with Crippen LogP contribution >= 0.6 is 0 Å². The van der Waals surface area contributed by atoms with E-state index in [-0.39, 0.29) is 5.82 Å². The lowest BCUT2D eigenvalue weighted by Crippen LogP contribution is -2.14. The van der Waals surface area contributed by atoms with Gasteiger partial charge in [0.1, 0.15) is 5.82 Å². The average Bonchev–Trinajstić information content (AvgIpc) is 2.10. The van der Waals surface area contributed by atoms with E-state index in [0.29, 0.717) is 6.04 Å². The van der Waals surface area contributed by atoms with Gasteiger partial charge in [0.25, 0.3) is 0 Å². The predicted octanol–water partition coefficient (Wildman–Crippen LogP) is 2.50. The van der Waals surface area contributed by atoms with Crippen LogP contribution in [0.2, 0.25) is 0 Å². The van der Waals surface area contributed by atoms with Crippen LogP contribution in [0.1, 0.15) is 24.9 Å². The summed E-state index contributed by atoms with van der Waals surface area (Å²) in [5, 5.41) is 3.17. The second kappa shape index (κ2) is 4.21. The van der Waals surface area contributed by atoms with E-state index in [0.717, 1.165) is 12.0 Å². The quantitative estimate of drug-likeness (QED) is 0.729. The standard InChI is InChI=1S/C10H14FN/c1-3-10(12-2)8-4-6-9(11)7-5-8/h4-7,10,12H,3H2,1-2H3/t10-/m1/s1. The number of rotatable bonds is 3. The summed E-state index contributed by atoms with van der Waals surface area (Å²) < 4.78 is 12.5. The van der Waals surface area contributed by atoms with Crippen molar-refractivity contribution in [2.24, 2.45) is 0 Å². The molecule has 1 N–H and O–H groups in total. The highest BCUT2D eigenvalue weighted by Crippen LogP contribution is 2.15. The van der Waals surface area contributed by atoms with Crippen molar-refractivity contribution in [2.45, 2.75) is 19.4 Å². The Kier molecular flexibility index (Phi) is 3.23. The predicted molar refractivity (Wildman–Crippen MR) is 48.5 cm³/mol. The molecule has 0 aliphatic rings. The summed E-state index contributed by atoms with van der Waals surface area (Å²) in [5.74, 6) is -0.176. The Morgan fingerprint density at radius 2 is 1.92 bits per heavy atom. The fourth-order valence-electron chi connectivity index (χ4n) is 1.30. The molecule has 0 saturated carbocycles. The Hall–Kier alpha value is -0.890. The maximum Gasteiger partial charge on any atom is 0.123 e. The lowest BCUT2D eigenvalue weighted by Gasteiger charge is -2.13. The van der Waals surface area contributed by atoms with Gasteiger partial charge in [-0.05, 0) is 31.2 Å². The molecule has 1 rings (SSSR count). The number of hydrogen-bond donors (Lipinski definition) is 1. The molecule has 0 heterocycles. The van der Waals surface area contributed by atoms with Crippen molar-refractivity contribution in [1.29, 1.82) is 0 Å². The molecule has 12 heavy (non-hydrogen) atoms. The normalized spacial score (nSPS) is 12.9. The summed E-state index contributed by atoms with van der Waals surface area (Å²) in [6.07, 6.45) is 1.02. The summed E-state index contributed by atoms with van der Waals surface area (Å²) in [4.78, 5) is 0. The maximum absolute atomic E-state index is 12.5. The minimum Gasteiger partial charge on any atom is -0.313 e. The largest absolute Gasteiger partial charge is 0.313 e. The molecule has 1 nitrogen and oxygen atoms in total. The van der Waals surface area contributed by atoms with Gasteiger partial charge in [-0.2, -0.15) is 0 Å². The summed E-state index contributed by atoms with van der Waals surface area (Å²) in [6, 6.07) is 6.97. The van der Waals surface area contributed by atoms with Gasteiger partial charge in [0, 0.05) is 6.04 Å². The van der Waals surface area contributed by atoms with Crippen LogP contribution in [0.4, 0.5) is 4.39 Å². The van der Waals surface area contributed by atoms with E-state index in [9.17, 15) is 4.39 Å². The number of hydrogen-bond acceptors (Lipinski definition) is 1. The van der Waals surface area contributed by atoms with Gasteiger partial charge in [-0.25, -0.2) is 4.39 Å². The fraction of sp³-hybridized carbons (Fsp3) is 0.400. The zero-order chi connectivity index (χ0) is 8.97. The van der Waals surface area contributed by atoms with E-state index in [1.54, 1.807) is 0 Å². The highest BCUT2D eigenvalue weighted by atomic mass is 19.1. The first-order chi connectivity index (χ1) is 5.77. The fourth-order valence-corrected chi connectivity index (χ4v) is 1.30. The highest BCUT2D eigenvalue weighted by molar-refractivity contribution is 5.19. The molecule has 0 aromatic heterocycles. The smallest absolute Gasteiger partial charge is 0.123 e. The van der Waals surface area contributed by atoms with Crippen molar-refractivity contribution in [3.05, 3.63) is 35.6 Å². The minimum absolute atomic E-state index is 0.176. The van der Waals surface area contributed by atoms with E-state index in [4.69, 9.17) is 0 Å². The van der Waals surface area contributed by atoms with Gasteiger partial charge in [-0.15, -0.1) is 0 Å². The zero-order valence-corrected chi connectivity index (χ0v) is 7.47. The Morgan fingerprint density at radius 1 is 1.33 bits per heavy atom. The summed E-state index contributed by atoms with van der Waals surface area (Å²) in [5.41, 5.74) is 1.14. The molecule has 1 aromatic carbocycles. The van der Waals surface area contributed by atoms with Crippen molar-refractivity contribution in [3.8, 4) is 0 Å². The maximum atomic E-state index is 12.5. The monoisotopic (exact) mass is 167 g/mol. The highest BCUT2D eigenvalue weighted by Gasteiger charge is 2.04. The lowest BCUT2D eigenvalue weighted by molar-refractivity contribution is 0.572. The molecule has 66 valence electrons. The molecular weight excluding hydrogens is 153 g/mol. The van der Waals surface area contributed by atoms with Crippen molar-refractivity contribution in [1.82, 2.24) is 5.32 Å². The SMILES string of the molecule is CC[C@@H](NC)c1ccc(F)cc1. The van der Waals surface area contributed by atoms with Crippen molar-refractivity contribution >= 4 is 0 Å². The third-order valence-corrected chi connectivity index (χ3v) is 2.03. The first-order valence-electron chi connectivity index (χ1n) is 4.20. The molecule has 0 spiro atoms. The van der Waals surface area contributed by atoms with E-state index >= 15 is 0 Å². The molecule has 0 aliphatic heterocycles. The van der Waals surface area contributed by atoms with E-state index in [2.05, 4.69) is 12.2 Å². The molecular formula is C10H14FN. The molecule has 1 atom stereocenters. The molecule has 2 heteroatoms. The van der Waals surface area contributed by atoms with Crippen LogP contribution in [-0.4, -0.2) is 7.05 Å². The average molecular weight is 167 g/mol. The summed E-state index contributed by atoms with van der Waals surface area (Å²) >= 11 is 0.